The lowest BCUT2D eigenvalue weighted by atomic mass is 10.1. The maximum Gasteiger partial charge on any atom is 0.271 e. The molecule has 0 radical (unpaired) electrons. The summed E-state index contributed by atoms with van der Waals surface area (Å²) in [6.07, 6.45) is 10.1. The molecule has 6 nitrogen and oxygen atoms in total. The summed E-state index contributed by atoms with van der Waals surface area (Å²) in [5.41, 5.74) is 5.67. The number of nitrogens with zero attached hydrogens (tertiary/aromatic N) is 1. The highest BCUT2D eigenvalue weighted by atomic mass is 16.1. The first-order chi connectivity index (χ1) is 13.3. The minimum absolute atomic E-state index is 0.121. The van der Waals surface area contributed by atoms with Crippen LogP contribution < -0.4 is 27.0 Å². The first-order valence-electron chi connectivity index (χ1n) is 10.6. The van der Waals surface area contributed by atoms with E-state index in [9.17, 15) is 9.59 Å². The van der Waals surface area contributed by atoms with Crippen molar-refractivity contribution in [3.8, 4) is 0 Å². The van der Waals surface area contributed by atoms with Gasteiger partial charge >= 0.3 is 0 Å². The van der Waals surface area contributed by atoms with Crippen molar-refractivity contribution in [1.29, 1.82) is 0 Å². The number of aromatic nitrogens is 2. The van der Waals surface area contributed by atoms with Gasteiger partial charge in [-0.3, -0.25) is 9.59 Å². The fourth-order valence-electron chi connectivity index (χ4n) is 2.38. The Bertz CT molecular complexity index is 681. The molecule has 1 rings (SSSR count). The quantitative estimate of drug-likeness (QED) is 0.630. The van der Waals surface area contributed by atoms with Crippen LogP contribution in [0.15, 0.2) is 11.0 Å². The molecule has 0 saturated carbocycles. The number of aromatic amines is 1. The van der Waals surface area contributed by atoms with Gasteiger partial charge in [0.2, 0.25) is 5.91 Å². The zero-order valence-corrected chi connectivity index (χ0v) is 19.0. The SMILES string of the molecule is C/C=c1/cn[nH]c(=O)/c1=C/C(C)C.CC.CCCC(=O)NCCC(N)CCC. The summed E-state index contributed by atoms with van der Waals surface area (Å²) in [6.45, 7) is 14.8. The molecule has 1 aromatic heterocycles. The first kappa shape index (κ1) is 28.3. The molecule has 0 aromatic carbocycles. The van der Waals surface area contributed by atoms with Gasteiger partial charge in [0.1, 0.15) is 0 Å². The molecule has 1 amide bonds. The third kappa shape index (κ3) is 14.2. The lowest BCUT2D eigenvalue weighted by Gasteiger charge is -2.10. The van der Waals surface area contributed by atoms with Crippen LogP contribution >= 0.6 is 0 Å². The van der Waals surface area contributed by atoms with E-state index in [1.165, 1.54) is 0 Å². The summed E-state index contributed by atoms with van der Waals surface area (Å²) in [7, 11) is 0. The van der Waals surface area contributed by atoms with Gasteiger partial charge in [-0.2, -0.15) is 5.10 Å². The van der Waals surface area contributed by atoms with E-state index in [4.69, 9.17) is 5.73 Å². The van der Waals surface area contributed by atoms with Crippen molar-refractivity contribution in [2.45, 2.75) is 86.6 Å². The zero-order chi connectivity index (χ0) is 21.9. The van der Waals surface area contributed by atoms with Crippen molar-refractivity contribution in [2.24, 2.45) is 11.7 Å². The maximum absolute atomic E-state index is 11.4. The standard InChI is InChI=1S/C10H14N2O.C10H22N2O.C2H6/c1-4-8-6-11-12-10(13)9(8)5-7(2)3;1-3-5-9(11)7-8-12-10(13)6-4-2;1-2/h4-7H,1-3H3,(H,12,13);9H,3-8,11H2,1-2H3,(H,12,13);1-2H3/b8-4-,9-5+;;. The van der Waals surface area contributed by atoms with E-state index in [0.717, 1.165) is 37.4 Å². The molecule has 0 aliphatic rings. The highest BCUT2D eigenvalue weighted by Gasteiger charge is 2.02. The third-order valence-electron chi connectivity index (χ3n) is 3.71. The number of H-pyrrole nitrogens is 1. The first-order valence-corrected chi connectivity index (χ1v) is 10.6. The van der Waals surface area contributed by atoms with Crippen molar-refractivity contribution in [1.82, 2.24) is 15.5 Å². The lowest BCUT2D eigenvalue weighted by Crippen LogP contribution is -2.41. The number of amides is 1. The Balaban J connectivity index is 0. The highest BCUT2D eigenvalue weighted by molar-refractivity contribution is 5.75. The van der Waals surface area contributed by atoms with Crippen molar-refractivity contribution in [2.75, 3.05) is 6.54 Å². The van der Waals surface area contributed by atoms with Gasteiger partial charge in [0.05, 0.1) is 6.20 Å². The Morgan fingerprint density at radius 3 is 2.39 bits per heavy atom. The van der Waals surface area contributed by atoms with Crippen molar-refractivity contribution in [3.05, 3.63) is 27.0 Å². The van der Waals surface area contributed by atoms with Crippen LogP contribution in [-0.4, -0.2) is 28.7 Å². The molecule has 4 N–H and O–H groups in total. The summed E-state index contributed by atoms with van der Waals surface area (Å²) in [4.78, 5) is 22.4. The van der Waals surface area contributed by atoms with Crippen molar-refractivity contribution >= 4 is 18.1 Å². The maximum atomic E-state index is 11.4. The van der Waals surface area contributed by atoms with E-state index >= 15 is 0 Å². The monoisotopic (exact) mass is 394 g/mol. The van der Waals surface area contributed by atoms with Gasteiger partial charge in [0, 0.05) is 29.4 Å². The Morgan fingerprint density at radius 2 is 1.89 bits per heavy atom. The number of rotatable bonds is 8. The smallest absolute Gasteiger partial charge is 0.271 e. The molecule has 1 atom stereocenters. The van der Waals surface area contributed by atoms with Gasteiger partial charge in [0.15, 0.2) is 0 Å². The molecule has 1 unspecified atom stereocenters. The average Bonchev–Trinajstić information content (AvgIpc) is 2.66. The number of carbonyl (C=O) groups is 1. The molecule has 0 bridgehead atoms. The molecule has 0 spiro atoms. The van der Waals surface area contributed by atoms with Crippen LogP contribution in [0.3, 0.4) is 0 Å². The molecule has 0 aliphatic carbocycles. The molecular weight excluding hydrogens is 352 g/mol. The van der Waals surface area contributed by atoms with Gasteiger partial charge in [-0.25, -0.2) is 5.10 Å². The van der Waals surface area contributed by atoms with E-state index in [2.05, 4.69) is 22.4 Å². The molecule has 162 valence electrons. The number of hydrogen-bond acceptors (Lipinski definition) is 4. The fraction of sp³-hybridized carbons (Fsp3) is 0.682. The number of carbonyl (C=O) groups excluding carboxylic acids is 1. The normalized spacial score (nSPS) is 12.6. The summed E-state index contributed by atoms with van der Waals surface area (Å²) in [6, 6.07) is 0.243. The molecule has 1 aromatic rings. The third-order valence-corrected chi connectivity index (χ3v) is 3.71. The Hall–Kier alpha value is -1.95. The van der Waals surface area contributed by atoms with Gasteiger partial charge in [-0.05, 0) is 32.1 Å². The zero-order valence-electron chi connectivity index (χ0n) is 19.0. The molecule has 6 heteroatoms. The van der Waals surface area contributed by atoms with Crippen LogP contribution in [0.25, 0.3) is 12.2 Å². The Labute approximate surface area is 170 Å². The minimum atomic E-state index is -0.121. The van der Waals surface area contributed by atoms with Crippen LogP contribution in [0, 0.1) is 5.92 Å². The molecule has 0 saturated heterocycles. The Kier molecular flexibility index (Phi) is 18.6. The van der Waals surface area contributed by atoms with Gasteiger partial charge in [-0.15, -0.1) is 0 Å². The predicted octanol–water partition coefficient (Wildman–Crippen LogP) is 2.45. The van der Waals surface area contributed by atoms with Crippen LogP contribution in [0.4, 0.5) is 0 Å². The van der Waals surface area contributed by atoms with Gasteiger partial charge < -0.3 is 11.1 Å². The molecular formula is C22H42N4O2. The summed E-state index contributed by atoms with van der Waals surface area (Å²) in [5, 5.41) is 10.6. The van der Waals surface area contributed by atoms with Gasteiger partial charge in [0.25, 0.3) is 5.56 Å². The lowest BCUT2D eigenvalue weighted by molar-refractivity contribution is -0.121. The predicted molar refractivity (Wildman–Crippen MR) is 120 cm³/mol. The average molecular weight is 395 g/mol. The molecule has 1 heterocycles. The van der Waals surface area contributed by atoms with Gasteiger partial charge in [-0.1, -0.05) is 60.1 Å². The van der Waals surface area contributed by atoms with E-state index in [-0.39, 0.29) is 17.5 Å². The largest absolute Gasteiger partial charge is 0.356 e. The van der Waals surface area contributed by atoms with Crippen molar-refractivity contribution in [3.63, 3.8) is 0 Å². The van der Waals surface area contributed by atoms with E-state index in [1.807, 2.05) is 53.7 Å². The fourth-order valence-corrected chi connectivity index (χ4v) is 2.38. The highest BCUT2D eigenvalue weighted by Crippen LogP contribution is 1.97. The Morgan fingerprint density at radius 1 is 1.25 bits per heavy atom. The van der Waals surface area contributed by atoms with Crippen LogP contribution in [0.1, 0.15) is 80.6 Å². The number of nitrogens with one attached hydrogen (secondary N) is 2. The van der Waals surface area contributed by atoms with E-state index in [1.54, 1.807) is 6.20 Å². The van der Waals surface area contributed by atoms with Crippen LogP contribution in [0.2, 0.25) is 0 Å². The number of hydrogen-bond donors (Lipinski definition) is 3. The van der Waals surface area contributed by atoms with Crippen LogP contribution in [-0.2, 0) is 4.79 Å². The minimum Gasteiger partial charge on any atom is -0.356 e. The van der Waals surface area contributed by atoms with E-state index < -0.39 is 0 Å². The summed E-state index contributed by atoms with van der Waals surface area (Å²) >= 11 is 0. The molecule has 0 fully saturated rings. The second-order valence-corrected chi connectivity index (χ2v) is 6.70. The summed E-state index contributed by atoms with van der Waals surface area (Å²) < 4.78 is 0. The van der Waals surface area contributed by atoms with Crippen LogP contribution in [0.5, 0.6) is 0 Å². The summed E-state index contributed by atoms with van der Waals surface area (Å²) in [5.74, 6) is 0.508. The molecule has 28 heavy (non-hydrogen) atoms. The second kappa shape index (κ2) is 18.4. The second-order valence-electron chi connectivity index (χ2n) is 6.70. The topological polar surface area (TPSA) is 101 Å². The molecule has 0 aliphatic heterocycles. The van der Waals surface area contributed by atoms with Crippen molar-refractivity contribution < 1.29 is 4.79 Å². The number of nitrogens with two attached hydrogens (primary N) is 1. The van der Waals surface area contributed by atoms with E-state index in [0.29, 0.717) is 17.6 Å².